The zero-order chi connectivity index (χ0) is 18.4. The molecule has 0 radical (unpaired) electrons. The van der Waals surface area contributed by atoms with Crippen molar-refractivity contribution < 1.29 is 28.8 Å². The van der Waals surface area contributed by atoms with Crippen molar-refractivity contribution in [3.8, 4) is 23.0 Å². The Balaban J connectivity index is 2.07. The molecule has 2 aromatic carbocycles. The van der Waals surface area contributed by atoms with Crippen LogP contribution in [0.3, 0.4) is 0 Å². The molecule has 1 N–H and O–H groups in total. The summed E-state index contributed by atoms with van der Waals surface area (Å²) >= 11 is 0. The lowest BCUT2D eigenvalue weighted by molar-refractivity contribution is 0.0696. The number of ether oxygens (including phenoxy) is 4. The van der Waals surface area contributed by atoms with Gasteiger partial charge in [0.2, 0.25) is 5.75 Å². The molecule has 0 bridgehead atoms. The monoisotopic (exact) mass is 346 g/mol. The summed E-state index contributed by atoms with van der Waals surface area (Å²) in [5.41, 5.74) is 1.92. The van der Waals surface area contributed by atoms with Gasteiger partial charge in [-0.3, -0.25) is 0 Å². The molecule has 0 aromatic heterocycles. The van der Waals surface area contributed by atoms with Crippen LogP contribution < -0.4 is 18.9 Å². The lowest BCUT2D eigenvalue weighted by Crippen LogP contribution is -2.04. The number of methoxy groups -OCH3 is 3. The Morgan fingerprint density at radius 3 is 2.12 bits per heavy atom. The Labute approximate surface area is 146 Å². The van der Waals surface area contributed by atoms with Gasteiger partial charge in [0.15, 0.2) is 11.5 Å². The minimum absolute atomic E-state index is 0.275. The summed E-state index contributed by atoms with van der Waals surface area (Å²) < 4.78 is 21.7. The number of rotatable bonds is 8. The summed E-state index contributed by atoms with van der Waals surface area (Å²) in [4.78, 5) is 11.0. The maximum Gasteiger partial charge on any atom is 0.335 e. The summed E-state index contributed by atoms with van der Waals surface area (Å²) in [5, 5.41) is 9.05. The van der Waals surface area contributed by atoms with E-state index >= 15 is 0 Å². The van der Waals surface area contributed by atoms with Gasteiger partial charge in [-0.2, -0.15) is 0 Å². The topological polar surface area (TPSA) is 74.2 Å². The lowest BCUT2D eigenvalue weighted by atomic mass is 10.1. The van der Waals surface area contributed by atoms with Crippen LogP contribution in [0, 0.1) is 6.92 Å². The van der Waals surface area contributed by atoms with Crippen molar-refractivity contribution in [1.29, 1.82) is 0 Å². The van der Waals surface area contributed by atoms with E-state index in [4.69, 9.17) is 24.1 Å². The average Bonchev–Trinajstić information content (AvgIpc) is 2.60. The van der Waals surface area contributed by atoms with Crippen LogP contribution in [-0.2, 0) is 6.42 Å². The summed E-state index contributed by atoms with van der Waals surface area (Å²) in [7, 11) is 4.71. The van der Waals surface area contributed by atoms with Crippen LogP contribution >= 0.6 is 0 Å². The van der Waals surface area contributed by atoms with Gasteiger partial charge in [0, 0.05) is 6.42 Å². The third-order valence-corrected chi connectivity index (χ3v) is 3.81. The minimum Gasteiger partial charge on any atom is -0.493 e. The molecule has 134 valence electrons. The number of carbonyl (C=O) groups is 1. The van der Waals surface area contributed by atoms with Crippen LogP contribution in [0.2, 0.25) is 0 Å². The number of hydrogen-bond donors (Lipinski definition) is 1. The Hall–Kier alpha value is -2.89. The van der Waals surface area contributed by atoms with Crippen molar-refractivity contribution in [2.24, 2.45) is 0 Å². The molecule has 0 spiro atoms. The number of hydrogen-bond acceptors (Lipinski definition) is 5. The number of carboxylic acid groups (broad SMARTS) is 1. The Morgan fingerprint density at radius 2 is 1.64 bits per heavy atom. The first-order valence-electron chi connectivity index (χ1n) is 7.75. The third-order valence-electron chi connectivity index (χ3n) is 3.81. The first kappa shape index (κ1) is 18.4. The van der Waals surface area contributed by atoms with Crippen molar-refractivity contribution in [3.05, 3.63) is 47.0 Å². The van der Waals surface area contributed by atoms with Crippen LogP contribution in [0.15, 0.2) is 30.3 Å². The Kier molecular flexibility index (Phi) is 6.11. The molecule has 2 rings (SSSR count). The fourth-order valence-corrected chi connectivity index (χ4v) is 2.53. The van der Waals surface area contributed by atoms with Crippen molar-refractivity contribution in [3.63, 3.8) is 0 Å². The van der Waals surface area contributed by atoms with E-state index in [1.165, 1.54) is 0 Å². The van der Waals surface area contributed by atoms with Gasteiger partial charge in [-0.05, 0) is 48.4 Å². The molecule has 6 heteroatoms. The highest BCUT2D eigenvalue weighted by Gasteiger charge is 2.13. The first-order chi connectivity index (χ1) is 12.0. The zero-order valence-corrected chi connectivity index (χ0v) is 14.8. The second-order valence-corrected chi connectivity index (χ2v) is 5.41. The van der Waals surface area contributed by atoms with E-state index in [9.17, 15) is 4.79 Å². The van der Waals surface area contributed by atoms with E-state index in [0.29, 0.717) is 41.6 Å². The Morgan fingerprint density at radius 1 is 1.00 bits per heavy atom. The molecule has 0 unspecified atom stereocenters. The van der Waals surface area contributed by atoms with E-state index < -0.39 is 5.97 Å². The van der Waals surface area contributed by atoms with Gasteiger partial charge in [-0.1, -0.05) is 0 Å². The predicted molar refractivity (Wildman–Crippen MR) is 93.4 cm³/mol. The zero-order valence-electron chi connectivity index (χ0n) is 14.8. The highest BCUT2D eigenvalue weighted by atomic mass is 16.5. The van der Waals surface area contributed by atoms with Gasteiger partial charge in [0.25, 0.3) is 0 Å². The van der Waals surface area contributed by atoms with Crippen molar-refractivity contribution >= 4 is 5.97 Å². The quantitative estimate of drug-likeness (QED) is 0.790. The normalized spacial score (nSPS) is 10.2. The number of carboxylic acids is 1. The fourth-order valence-electron chi connectivity index (χ4n) is 2.53. The Bertz CT molecular complexity index is 729. The standard InChI is InChI=1S/C19H22O6/c1-12-9-14(5-6-15(12)19(20)21)25-8-7-13-10-16(22-2)18(24-4)17(11-13)23-3/h5-6,9-11H,7-8H2,1-4H3,(H,20,21). The molecule has 0 saturated carbocycles. The fraction of sp³-hybridized carbons (Fsp3) is 0.316. The second kappa shape index (κ2) is 8.28. The van der Waals surface area contributed by atoms with Crippen LogP contribution in [0.1, 0.15) is 21.5 Å². The third kappa shape index (κ3) is 4.35. The van der Waals surface area contributed by atoms with Gasteiger partial charge < -0.3 is 24.1 Å². The summed E-state index contributed by atoms with van der Waals surface area (Å²) in [6.45, 7) is 2.18. The maximum atomic E-state index is 11.0. The lowest BCUT2D eigenvalue weighted by Gasteiger charge is -2.14. The molecule has 6 nitrogen and oxygen atoms in total. The molecule has 2 aromatic rings. The number of aryl methyl sites for hydroxylation is 1. The van der Waals surface area contributed by atoms with Gasteiger partial charge in [0.05, 0.1) is 33.5 Å². The van der Waals surface area contributed by atoms with Crippen LogP contribution in [0.4, 0.5) is 0 Å². The van der Waals surface area contributed by atoms with Gasteiger partial charge in [-0.15, -0.1) is 0 Å². The van der Waals surface area contributed by atoms with E-state index in [0.717, 1.165) is 5.56 Å². The molecular weight excluding hydrogens is 324 g/mol. The molecule has 0 atom stereocenters. The van der Waals surface area contributed by atoms with Crippen LogP contribution in [0.5, 0.6) is 23.0 Å². The highest BCUT2D eigenvalue weighted by Crippen LogP contribution is 2.38. The van der Waals surface area contributed by atoms with Crippen molar-refractivity contribution in [1.82, 2.24) is 0 Å². The minimum atomic E-state index is -0.943. The SMILES string of the molecule is COc1cc(CCOc2ccc(C(=O)O)c(C)c2)cc(OC)c1OC. The smallest absolute Gasteiger partial charge is 0.335 e. The van der Waals surface area contributed by atoms with Crippen LogP contribution in [-0.4, -0.2) is 39.0 Å². The summed E-state index contributed by atoms with van der Waals surface area (Å²) in [6, 6.07) is 8.68. The van der Waals surface area contributed by atoms with Gasteiger partial charge >= 0.3 is 5.97 Å². The summed E-state index contributed by atoms with van der Waals surface area (Å²) in [5.74, 6) is 1.43. The molecule has 25 heavy (non-hydrogen) atoms. The van der Waals surface area contributed by atoms with Crippen LogP contribution in [0.25, 0.3) is 0 Å². The largest absolute Gasteiger partial charge is 0.493 e. The molecule has 0 fully saturated rings. The molecule has 0 aliphatic carbocycles. The molecule has 0 heterocycles. The number of benzene rings is 2. The van der Waals surface area contributed by atoms with E-state index in [2.05, 4.69) is 0 Å². The van der Waals surface area contributed by atoms with Gasteiger partial charge in [-0.25, -0.2) is 4.79 Å². The van der Waals surface area contributed by atoms with Crippen molar-refractivity contribution in [2.75, 3.05) is 27.9 Å². The first-order valence-corrected chi connectivity index (χ1v) is 7.75. The van der Waals surface area contributed by atoms with E-state index in [-0.39, 0.29) is 5.56 Å². The highest BCUT2D eigenvalue weighted by molar-refractivity contribution is 5.89. The molecular formula is C19H22O6. The molecule has 0 aliphatic heterocycles. The molecule has 0 saturated heterocycles. The van der Waals surface area contributed by atoms with E-state index in [1.54, 1.807) is 46.5 Å². The predicted octanol–water partition coefficient (Wildman–Crippen LogP) is 3.34. The van der Waals surface area contributed by atoms with Gasteiger partial charge in [0.1, 0.15) is 5.75 Å². The number of aromatic carboxylic acids is 1. The second-order valence-electron chi connectivity index (χ2n) is 5.41. The van der Waals surface area contributed by atoms with E-state index in [1.807, 2.05) is 12.1 Å². The molecule has 0 amide bonds. The summed E-state index contributed by atoms with van der Waals surface area (Å²) in [6.07, 6.45) is 0.635. The maximum absolute atomic E-state index is 11.0. The van der Waals surface area contributed by atoms with Crippen molar-refractivity contribution in [2.45, 2.75) is 13.3 Å². The average molecular weight is 346 g/mol. The molecule has 0 aliphatic rings.